The quantitative estimate of drug-likeness (QED) is 0.662. The van der Waals surface area contributed by atoms with E-state index in [0.29, 0.717) is 11.5 Å². The zero-order valence-corrected chi connectivity index (χ0v) is 11.8. The van der Waals surface area contributed by atoms with Crippen molar-refractivity contribution in [2.75, 3.05) is 5.33 Å². The number of hydrogen-bond acceptors (Lipinski definition) is 0. The van der Waals surface area contributed by atoms with Crippen LogP contribution in [0.4, 0.5) is 8.78 Å². The summed E-state index contributed by atoms with van der Waals surface area (Å²) >= 11 is 3.47. The average molecular weight is 315 g/mol. The molecule has 0 aliphatic heterocycles. The van der Waals surface area contributed by atoms with Gasteiger partial charge < -0.3 is 0 Å². The monoisotopic (exact) mass is 314 g/mol. The Morgan fingerprint density at radius 3 is 2.61 bits per heavy atom. The van der Waals surface area contributed by atoms with E-state index in [1.165, 1.54) is 24.8 Å². The summed E-state index contributed by atoms with van der Waals surface area (Å²) in [7, 11) is 0. The Balaban J connectivity index is 2.25. The van der Waals surface area contributed by atoms with Crippen molar-refractivity contribution in [3.05, 3.63) is 41.0 Å². The third-order valence-electron chi connectivity index (χ3n) is 3.61. The number of halogens is 3. The molecule has 3 heteroatoms. The molecule has 2 rings (SSSR count). The summed E-state index contributed by atoms with van der Waals surface area (Å²) in [5.74, 6) is -1.01. The van der Waals surface area contributed by atoms with Crippen molar-refractivity contribution in [2.24, 2.45) is 5.92 Å². The van der Waals surface area contributed by atoms with Crippen LogP contribution in [0.5, 0.6) is 0 Å². The lowest BCUT2D eigenvalue weighted by Crippen LogP contribution is -2.10. The zero-order valence-electron chi connectivity index (χ0n) is 10.3. The van der Waals surface area contributed by atoms with E-state index in [0.717, 1.165) is 24.2 Å². The van der Waals surface area contributed by atoms with Crippen molar-refractivity contribution >= 4 is 22.0 Å². The molecule has 0 atom stereocenters. The van der Waals surface area contributed by atoms with Gasteiger partial charge in [-0.25, -0.2) is 8.78 Å². The molecule has 0 bridgehead atoms. The van der Waals surface area contributed by atoms with Gasteiger partial charge in [-0.3, -0.25) is 0 Å². The van der Waals surface area contributed by atoms with Crippen LogP contribution in [0.1, 0.15) is 37.7 Å². The van der Waals surface area contributed by atoms with Crippen LogP contribution in [-0.2, 0) is 0 Å². The summed E-state index contributed by atoms with van der Waals surface area (Å²) < 4.78 is 26.8. The summed E-state index contributed by atoms with van der Waals surface area (Å²) in [6, 6.07) is 4.34. The minimum absolute atomic E-state index is 0.357. The highest BCUT2D eigenvalue weighted by Crippen LogP contribution is 2.32. The molecule has 0 unspecified atom stereocenters. The van der Waals surface area contributed by atoms with E-state index < -0.39 is 11.6 Å². The van der Waals surface area contributed by atoms with Gasteiger partial charge >= 0.3 is 0 Å². The SMILES string of the molecule is Fc1cccc(C=C(CBr)C2CCCCC2)c1F. The predicted molar refractivity (Wildman–Crippen MR) is 74.7 cm³/mol. The van der Waals surface area contributed by atoms with Crippen molar-refractivity contribution in [1.29, 1.82) is 0 Å². The molecule has 0 saturated heterocycles. The summed E-state index contributed by atoms with van der Waals surface area (Å²) in [4.78, 5) is 0. The first-order valence-corrected chi connectivity index (χ1v) is 7.55. The van der Waals surface area contributed by atoms with Gasteiger partial charge in [-0.15, -0.1) is 0 Å². The lowest BCUT2D eigenvalue weighted by Gasteiger charge is -2.23. The van der Waals surface area contributed by atoms with Crippen LogP contribution in [-0.4, -0.2) is 5.33 Å². The van der Waals surface area contributed by atoms with E-state index in [1.807, 2.05) is 6.08 Å². The second-order valence-electron chi connectivity index (χ2n) is 4.83. The molecular formula is C15H17BrF2. The molecule has 0 heterocycles. The molecule has 0 amide bonds. The maximum Gasteiger partial charge on any atom is 0.166 e. The molecule has 0 spiro atoms. The van der Waals surface area contributed by atoms with E-state index in [1.54, 1.807) is 12.1 Å². The van der Waals surface area contributed by atoms with E-state index in [9.17, 15) is 8.78 Å². The van der Waals surface area contributed by atoms with E-state index >= 15 is 0 Å². The van der Waals surface area contributed by atoms with Gasteiger partial charge in [0.1, 0.15) is 0 Å². The van der Waals surface area contributed by atoms with Crippen LogP contribution in [0.15, 0.2) is 23.8 Å². The van der Waals surface area contributed by atoms with Crippen LogP contribution in [0, 0.1) is 17.6 Å². The molecule has 98 valence electrons. The smallest absolute Gasteiger partial charge is 0.166 e. The van der Waals surface area contributed by atoms with Gasteiger partial charge in [-0.2, -0.15) is 0 Å². The number of alkyl halides is 1. The first kappa shape index (κ1) is 13.7. The first-order chi connectivity index (χ1) is 8.72. The largest absolute Gasteiger partial charge is 0.204 e. The number of benzene rings is 1. The maximum absolute atomic E-state index is 13.6. The van der Waals surface area contributed by atoms with Gasteiger partial charge in [0.05, 0.1) is 0 Å². The minimum Gasteiger partial charge on any atom is -0.204 e. The number of rotatable bonds is 3. The van der Waals surface area contributed by atoms with Crippen molar-refractivity contribution in [3.63, 3.8) is 0 Å². The molecule has 1 aliphatic rings. The Hall–Kier alpha value is -0.700. The van der Waals surface area contributed by atoms with Crippen LogP contribution < -0.4 is 0 Å². The zero-order chi connectivity index (χ0) is 13.0. The fraction of sp³-hybridized carbons (Fsp3) is 0.467. The maximum atomic E-state index is 13.6. The Labute approximate surface area is 115 Å². The summed E-state index contributed by atoms with van der Waals surface area (Å²) in [6.45, 7) is 0. The topological polar surface area (TPSA) is 0 Å². The molecular weight excluding hydrogens is 298 g/mol. The van der Waals surface area contributed by atoms with E-state index in [-0.39, 0.29) is 0 Å². The predicted octanol–water partition coefficient (Wildman–Crippen LogP) is 5.32. The number of allylic oxidation sites excluding steroid dienone is 1. The van der Waals surface area contributed by atoms with Gasteiger partial charge in [0.2, 0.25) is 0 Å². The average Bonchev–Trinajstić information content (AvgIpc) is 2.41. The highest BCUT2D eigenvalue weighted by Gasteiger charge is 2.17. The molecule has 0 N–H and O–H groups in total. The van der Waals surface area contributed by atoms with Crippen LogP contribution >= 0.6 is 15.9 Å². The normalized spacial score (nSPS) is 18.1. The summed E-state index contributed by atoms with van der Waals surface area (Å²) in [5.41, 5.74) is 1.54. The highest BCUT2D eigenvalue weighted by molar-refractivity contribution is 9.09. The Kier molecular flexibility index (Phi) is 4.93. The Morgan fingerprint density at radius 1 is 1.22 bits per heavy atom. The molecule has 1 fully saturated rings. The standard InChI is InChI=1S/C15H17BrF2/c16-10-13(11-5-2-1-3-6-11)9-12-7-4-8-14(17)15(12)18/h4,7-9,11H,1-3,5-6,10H2. The van der Waals surface area contributed by atoms with E-state index in [4.69, 9.17) is 0 Å². The molecule has 1 aliphatic carbocycles. The lowest BCUT2D eigenvalue weighted by atomic mass is 9.84. The molecule has 1 aromatic carbocycles. The van der Waals surface area contributed by atoms with Gasteiger partial charge in [-0.05, 0) is 24.8 Å². The summed E-state index contributed by atoms with van der Waals surface area (Å²) in [5, 5.41) is 0.730. The molecule has 0 aromatic heterocycles. The van der Waals surface area contributed by atoms with Crippen molar-refractivity contribution < 1.29 is 8.78 Å². The molecule has 1 saturated carbocycles. The molecule has 18 heavy (non-hydrogen) atoms. The minimum atomic E-state index is -0.777. The lowest BCUT2D eigenvalue weighted by molar-refractivity contribution is 0.405. The third kappa shape index (κ3) is 3.19. The first-order valence-electron chi connectivity index (χ1n) is 6.43. The fourth-order valence-electron chi connectivity index (χ4n) is 2.57. The Bertz CT molecular complexity index is 434. The third-order valence-corrected chi connectivity index (χ3v) is 4.25. The van der Waals surface area contributed by atoms with Crippen LogP contribution in [0.2, 0.25) is 0 Å². The second-order valence-corrected chi connectivity index (χ2v) is 5.39. The van der Waals surface area contributed by atoms with Crippen LogP contribution in [0.25, 0.3) is 6.08 Å². The Morgan fingerprint density at radius 2 is 1.94 bits per heavy atom. The van der Waals surface area contributed by atoms with Crippen LogP contribution in [0.3, 0.4) is 0 Å². The van der Waals surface area contributed by atoms with Gasteiger partial charge in [0.15, 0.2) is 11.6 Å². The van der Waals surface area contributed by atoms with Gasteiger partial charge in [0.25, 0.3) is 0 Å². The van der Waals surface area contributed by atoms with Crippen molar-refractivity contribution in [2.45, 2.75) is 32.1 Å². The summed E-state index contributed by atoms with van der Waals surface area (Å²) in [6.07, 6.45) is 7.90. The molecule has 1 aromatic rings. The fourth-order valence-corrected chi connectivity index (χ4v) is 3.19. The number of hydrogen-bond donors (Lipinski definition) is 0. The highest BCUT2D eigenvalue weighted by atomic mass is 79.9. The van der Waals surface area contributed by atoms with Crippen molar-refractivity contribution in [3.8, 4) is 0 Å². The van der Waals surface area contributed by atoms with E-state index in [2.05, 4.69) is 15.9 Å². The van der Waals surface area contributed by atoms with Crippen molar-refractivity contribution in [1.82, 2.24) is 0 Å². The molecule has 0 radical (unpaired) electrons. The van der Waals surface area contributed by atoms with Gasteiger partial charge in [-0.1, -0.05) is 59.0 Å². The molecule has 0 nitrogen and oxygen atoms in total. The second kappa shape index (κ2) is 6.46. The van der Waals surface area contributed by atoms with Gasteiger partial charge in [0, 0.05) is 10.9 Å².